The smallest absolute Gasteiger partial charge is 0.416 e. The number of anilines is 1. The van der Waals surface area contributed by atoms with Gasteiger partial charge < -0.3 is 5.11 Å². The molecule has 1 aliphatic heterocycles. The second-order valence-electron chi connectivity index (χ2n) is 7.55. The number of carbonyl (C=O) groups excluding carboxylic acids is 2. The lowest BCUT2D eigenvalue weighted by molar-refractivity contribution is -0.137. The van der Waals surface area contributed by atoms with Gasteiger partial charge in [0.2, 0.25) is 0 Å². The summed E-state index contributed by atoms with van der Waals surface area (Å²) in [5.74, 6) is -3.21. The largest absolute Gasteiger partial charge is 0.503 e. The quantitative estimate of drug-likeness (QED) is 0.368. The first-order chi connectivity index (χ1) is 16.2. The fourth-order valence-electron chi connectivity index (χ4n) is 3.74. The third kappa shape index (κ3) is 4.47. The Labute approximate surface area is 192 Å². The van der Waals surface area contributed by atoms with Gasteiger partial charge >= 0.3 is 6.18 Å². The van der Waals surface area contributed by atoms with Crippen LogP contribution in [0.15, 0.2) is 96.3 Å². The Bertz CT molecular complexity index is 1300. The molecule has 4 rings (SSSR count). The molecule has 0 saturated carbocycles. The normalized spacial score (nSPS) is 16.5. The molecule has 1 aliphatic rings. The van der Waals surface area contributed by atoms with Crippen LogP contribution in [0.4, 0.5) is 23.2 Å². The molecule has 1 N–H and O–H groups in total. The maximum Gasteiger partial charge on any atom is 0.416 e. The number of hydrogen-bond donors (Lipinski definition) is 1. The van der Waals surface area contributed by atoms with Crippen LogP contribution in [0.5, 0.6) is 0 Å². The van der Waals surface area contributed by atoms with Crippen LogP contribution >= 0.6 is 0 Å². The monoisotopic (exact) mass is 467 g/mol. The van der Waals surface area contributed by atoms with Crippen molar-refractivity contribution in [2.45, 2.75) is 12.2 Å². The summed E-state index contributed by atoms with van der Waals surface area (Å²) in [6.45, 7) is 0. The summed E-state index contributed by atoms with van der Waals surface area (Å²) in [6, 6.07) is 16.3. The number of amides is 1. The fraction of sp³-hybridized carbons (Fsp3) is 0.0769. The topological polar surface area (TPSA) is 57.6 Å². The summed E-state index contributed by atoms with van der Waals surface area (Å²) < 4.78 is 53.4. The SMILES string of the molecule is O=C(/C=C/c1ccccc1)C1=C(O)C(=O)N(c2cccc(C(F)(F)F)c2)[C@@H]1c1ccc(F)cc1. The molecule has 0 unspecified atom stereocenters. The van der Waals surface area contributed by atoms with Crippen molar-refractivity contribution < 1.29 is 32.3 Å². The molecule has 0 spiro atoms. The fourth-order valence-corrected chi connectivity index (χ4v) is 3.74. The predicted molar refractivity (Wildman–Crippen MR) is 118 cm³/mol. The number of hydrogen-bond acceptors (Lipinski definition) is 3. The summed E-state index contributed by atoms with van der Waals surface area (Å²) in [5.41, 5.74) is -0.559. The number of benzene rings is 3. The minimum absolute atomic E-state index is 0.171. The number of alkyl halides is 3. The lowest BCUT2D eigenvalue weighted by Crippen LogP contribution is -2.31. The maximum absolute atomic E-state index is 13.6. The minimum atomic E-state index is -4.67. The van der Waals surface area contributed by atoms with Crippen molar-refractivity contribution in [3.63, 3.8) is 0 Å². The van der Waals surface area contributed by atoms with Gasteiger partial charge in [0.25, 0.3) is 5.91 Å². The molecule has 0 fully saturated rings. The average Bonchev–Trinajstić information content (AvgIpc) is 3.09. The first-order valence-corrected chi connectivity index (χ1v) is 10.1. The first kappa shape index (κ1) is 23.0. The molecule has 0 bridgehead atoms. The van der Waals surface area contributed by atoms with E-state index in [2.05, 4.69) is 0 Å². The third-order valence-corrected chi connectivity index (χ3v) is 5.34. The van der Waals surface area contributed by atoms with Crippen molar-refractivity contribution in [3.8, 4) is 0 Å². The summed E-state index contributed by atoms with van der Waals surface area (Å²) in [5, 5.41) is 10.6. The molecular weight excluding hydrogens is 450 g/mol. The van der Waals surface area contributed by atoms with E-state index >= 15 is 0 Å². The third-order valence-electron chi connectivity index (χ3n) is 5.34. The van der Waals surface area contributed by atoms with Gasteiger partial charge in [0.15, 0.2) is 11.5 Å². The zero-order valence-electron chi connectivity index (χ0n) is 17.5. The lowest BCUT2D eigenvalue weighted by atomic mass is 9.95. The van der Waals surface area contributed by atoms with E-state index in [1.165, 1.54) is 30.4 Å². The van der Waals surface area contributed by atoms with E-state index in [1.807, 2.05) is 0 Å². The molecule has 0 radical (unpaired) electrons. The van der Waals surface area contributed by atoms with Gasteiger partial charge in [-0.1, -0.05) is 54.6 Å². The summed E-state index contributed by atoms with van der Waals surface area (Å²) in [7, 11) is 0. The van der Waals surface area contributed by atoms with Crippen LogP contribution in [0.1, 0.15) is 22.7 Å². The Hall–Kier alpha value is -4.20. The molecule has 172 valence electrons. The van der Waals surface area contributed by atoms with E-state index in [-0.39, 0.29) is 16.8 Å². The number of aliphatic hydroxyl groups is 1. The highest BCUT2D eigenvalue weighted by atomic mass is 19.4. The number of aliphatic hydroxyl groups excluding tert-OH is 1. The van der Waals surface area contributed by atoms with E-state index < -0.39 is 41.0 Å². The van der Waals surface area contributed by atoms with Crippen molar-refractivity contribution in [1.29, 1.82) is 0 Å². The number of ketones is 1. The molecule has 1 amide bonds. The average molecular weight is 467 g/mol. The Morgan fingerprint density at radius 3 is 2.26 bits per heavy atom. The zero-order valence-corrected chi connectivity index (χ0v) is 17.5. The van der Waals surface area contributed by atoms with Gasteiger partial charge in [-0.05, 0) is 47.5 Å². The van der Waals surface area contributed by atoms with Crippen molar-refractivity contribution in [2.75, 3.05) is 4.90 Å². The molecule has 8 heteroatoms. The lowest BCUT2D eigenvalue weighted by Gasteiger charge is -2.27. The van der Waals surface area contributed by atoms with E-state index in [9.17, 15) is 32.3 Å². The van der Waals surface area contributed by atoms with Gasteiger partial charge in [-0.3, -0.25) is 14.5 Å². The molecule has 3 aromatic carbocycles. The number of nitrogens with zero attached hydrogens (tertiary/aromatic N) is 1. The Morgan fingerprint density at radius 2 is 1.62 bits per heavy atom. The molecule has 3 aromatic rings. The summed E-state index contributed by atoms with van der Waals surface area (Å²) >= 11 is 0. The highest BCUT2D eigenvalue weighted by Gasteiger charge is 2.44. The van der Waals surface area contributed by atoms with Gasteiger partial charge in [0.1, 0.15) is 5.82 Å². The highest BCUT2D eigenvalue weighted by Crippen LogP contribution is 2.42. The summed E-state index contributed by atoms with van der Waals surface area (Å²) in [6.07, 6.45) is -2.02. The maximum atomic E-state index is 13.6. The van der Waals surface area contributed by atoms with Crippen molar-refractivity contribution in [3.05, 3.63) is 119 Å². The van der Waals surface area contributed by atoms with Gasteiger partial charge in [0.05, 0.1) is 17.2 Å². The van der Waals surface area contributed by atoms with E-state index in [0.29, 0.717) is 5.56 Å². The number of allylic oxidation sites excluding steroid dienone is 1. The Morgan fingerprint density at radius 1 is 0.941 bits per heavy atom. The van der Waals surface area contributed by atoms with Crippen LogP contribution < -0.4 is 4.90 Å². The van der Waals surface area contributed by atoms with Crippen molar-refractivity contribution in [2.24, 2.45) is 0 Å². The highest BCUT2D eigenvalue weighted by molar-refractivity contribution is 6.19. The van der Waals surface area contributed by atoms with Crippen molar-refractivity contribution in [1.82, 2.24) is 0 Å². The van der Waals surface area contributed by atoms with Gasteiger partial charge in [-0.15, -0.1) is 0 Å². The van der Waals surface area contributed by atoms with Crippen LogP contribution in [-0.4, -0.2) is 16.8 Å². The van der Waals surface area contributed by atoms with Gasteiger partial charge in [-0.2, -0.15) is 13.2 Å². The van der Waals surface area contributed by atoms with Crippen LogP contribution in [0.25, 0.3) is 6.08 Å². The molecule has 0 aliphatic carbocycles. The predicted octanol–water partition coefficient (Wildman–Crippen LogP) is 6.03. The van der Waals surface area contributed by atoms with Crippen LogP contribution in [0.3, 0.4) is 0 Å². The van der Waals surface area contributed by atoms with E-state index in [0.717, 1.165) is 35.2 Å². The second-order valence-corrected chi connectivity index (χ2v) is 7.55. The minimum Gasteiger partial charge on any atom is -0.503 e. The molecular formula is C26H17F4NO3. The van der Waals surface area contributed by atoms with Crippen LogP contribution in [0, 0.1) is 5.82 Å². The van der Waals surface area contributed by atoms with Gasteiger partial charge in [-0.25, -0.2) is 4.39 Å². The molecule has 34 heavy (non-hydrogen) atoms. The molecule has 0 aromatic heterocycles. The van der Waals surface area contributed by atoms with E-state index in [4.69, 9.17) is 0 Å². The molecule has 1 heterocycles. The van der Waals surface area contributed by atoms with E-state index in [1.54, 1.807) is 30.3 Å². The second kappa shape index (κ2) is 8.97. The standard InChI is InChI=1S/C26H17F4NO3/c27-19-12-10-17(11-13-19)23-22(21(32)14-9-16-5-2-1-3-6-16)24(33)25(34)31(23)20-8-4-7-18(15-20)26(28,29)30/h1-15,23,33H/b14-9+/t23-/m1/s1. The van der Waals surface area contributed by atoms with Crippen molar-refractivity contribution >= 4 is 23.5 Å². The Balaban J connectivity index is 1.81. The molecule has 1 atom stereocenters. The first-order valence-electron chi connectivity index (χ1n) is 10.1. The number of rotatable bonds is 5. The number of halogens is 4. The zero-order chi connectivity index (χ0) is 24.5. The number of carbonyl (C=O) groups is 2. The van der Waals surface area contributed by atoms with Crippen LogP contribution in [0.2, 0.25) is 0 Å². The van der Waals surface area contributed by atoms with Crippen LogP contribution in [-0.2, 0) is 15.8 Å². The van der Waals surface area contributed by atoms with Gasteiger partial charge in [0, 0.05) is 5.69 Å². The molecule has 4 nitrogen and oxygen atoms in total. The Kier molecular flexibility index (Phi) is 6.06. The molecule has 0 saturated heterocycles. The summed E-state index contributed by atoms with van der Waals surface area (Å²) in [4.78, 5) is 27.0.